The van der Waals surface area contributed by atoms with Crippen LogP contribution in [0.1, 0.15) is 5.69 Å². The van der Waals surface area contributed by atoms with Gasteiger partial charge in [0.15, 0.2) is 12.2 Å². The fraction of sp³-hybridized carbons (Fsp3) is 0.100. The van der Waals surface area contributed by atoms with Crippen LogP contribution in [0.25, 0.3) is 0 Å². The van der Waals surface area contributed by atoms with Crippen molar-refractivity contribution in [2.45, 2.75) is 11.8 Å². The second kappa shape index (κ2) is 5.80. The Balaban J connectivity index is 2.33. The minimum Gasteiger partial charge on any atom is -0.441 e. The van der Waals surface area contributed by atoms with E-state index < -0.39 is 10.0 Å². The first-order valence-corrected chi connectivity index (χ1v) is 8.19. The van der Waals surface area contributed by atoms with Crippen LogP contribution in [-0.2, 0) is 14.8 Å². The Bertz CT molecular complexity index is 773. The van der Waals surface area contributed by atoms with Crippen molar-refractivity contribution in [1.82, 2.24) is 5.16 Å². The van der Waals surface area contributed by atoms with E-state index >= 15 is 0 Å². The summed E-state index contributed by atoms with van der Waals surface area (Å²) in [6.45, 7) is 1.65. The topological polar surface area (TPSA) is 98.5 Å². The summed E-state index contributed by atoms with van der Waals surface area (Å²) < 4.78 is 36.8. The summed E-state index contributed by atoms with van der Waals surface area (Å²) in [6, 6.07) is 1.35. The van der Waals surface area contributed by atoms with Gasteiger partial charge in [0.2, 0.25) is 5.06 Å². The van der Waals surface area contributed by atoms with Gasteiger partial charge < -0.3 is 9.26 Å². The zero-order chi connectivity index (χ0) is 14.8. The minimum absolute atomic E-state index is 0.0365. The lowest BCUT2D eigenvalue weighted by Gasteiger charge is -2.05. The fourth-order valence-corrected chi connectivity index (χ4v) is 3.80. The average molecular weight is 379 g/mol. The molecule has 0 aliphatic rings. The van der Waals surface area contributed by atoms with Gasteiger partial charge in [-0.3, -0.25) is 0 Å². The maximum Gasteiger partial charge on any atom is 0.268 e. The molecule has 7 nitrogen and oxygen atoms in total. The van der Waals surface area contributed by atoms with E-state index in [1.165, 1.54) is 17.4 Å². The van der Waals surface area contributed by atoms with Crippen LogP contribution in [0.5, 0.6) is 5.06 Å². The number of hydrogen-bond acceptors (Lipinski definition) is 7. The minimum atomic E-state index is -3.92. The van der Waals surface area contributed by atoms with Crippen molar-refractivity contribution >= 4 is 49.1 Å². The molecule has 106 valence electrons. The summed E-state index contributed by atoms with van der Waals surface area (Å²) in [7, 11) is -3.92. The largest absolute Gasteiger partial charge is 0.441 e. The number of hydrogen-bond donors (Lipinski definition) is 1. The van der Waals surface area contributed by atoms with Crippen molar-refractivity contribution in [1.29, 1.82) is 0 Å². The quantitative estimate of drug-likeness (QED) is 0.633. The van der Waals surface area contributed by atoms with Crippen LogP contribution in [0, 0.1) is 6.92 Å². The van der Waals surface area contributed by atoms with Gasteiger partial charge in [0.05, 0.1) is 5.69 Å². The van der Waals surface area contributed by atoms with Crippen LogP contribution in [0.3, 0.4) is 0 Å². The molecule has 0 saturated carbocycles. The number of halogens is 1. The van der Waals surface area contributed by atoms with E-state index in [9.17, 15) is 13.2 Å². The van der Waals surface area contributed by atoms with Crippen molar-refractivity contribution < 1.29 is 22.5 Å². The SMILES string of the molecule is Cc1noc(NS(=O)(=O)c2ccsc2OC=C=O)c1Br. The molecule has 0 fully saturated rings. The number of thiophene rings is 1. The van der Waals surface area contributed by atoms with Gasteiger partial charge in [-0.25, -0.2) is 17.9 Å². The molecule has 0 unspecified atom stereocenters. The first-order valence-electron chi connectivity index (χ1n) is 5.04. The van der Waals surface area contributed by atoms with Crippen molar-refractivity contribution in [3.63, 3.8) is 0 Å². The molecular weight excluding hydrogens is 372 g/mol. The zero-order valence-corrected chi connectivity index (χ0v) is 13.1. The molecule has 0 amide bonds. The Kier molecular flexibility index (Phi) is 4.29. The van der Waals surface area contributed by atoms with Gasteiger partial charge in [-0.15, -0.1) is 11.3 Å². The molecule has 0 radical (unpaired) electrons. The highest BCUT2D eigenvalue weighted by Crippen LogP contribution is 2.33. The van der Waals surface area contributed by atoms with E-state index in [1.54, 1.807) is 6.92 Å². The van der Waals surface area contributed by atoms with Gasteiger partial charge in [0.25, 0.3) is 15.9 Å². The van der Waals surface area contributed by atoms with E-state index in [4.69, 9.17) is 9.26 Å². The molecule has 1 N–H and O–H groups in total. The van der Waals surface area contributed by atoms with Crippen molar-refractivity contribution in [3.8, 4) is 5.06 Å². The van der Waals surface area contributed by atoms with Crippen LogP contribution < -0.4 is 9.46 Å². The number of rotatable bonds is 5. The molecule has 0 bridgehead atoms. The first kappa shape index (κ1) is 14.8. The van der Waals surface area contributed by atoms with E-state index in [1.807, 2.05) is 0 Å². The number of sulfonamides is 1. The molecule has 2 aromatic heterocycles. The van der Waals surface area contributed by atoms with E-state index in [0.717, 1.165) is 17.6 Å². The maximum absolute atomic E-state index is 12.2. The van der Waals surface area contributed by atoms with Gasteiger partial charge in [-0.1, -0.05) is 5.16 Å². The van der Waals surface area contributed by atoms with Crippen molar-refractivity contribution in [3.05, 3.63) is 27.9 Å². The molecule has 0 aliphatic carbocycles. The third-order valence-corrected chi connectivity index (χ3v) is 5.34. The van der Waals surface area contributed by atoms with Gasteiger partial charge >= 0.3 is 0 Å². The predicted octanol–water partition coefficient (Wildman–Crippen LogP) is 2.33. The Morgan fingerprint density at radius 3 is 2.95 bits per heavy atom. The van der Waals surface area contributed by atoms with Gasteiger partial charge in [-0.2, -0.15) is 0 Å². The van der Waals surface area contributed by atoms with Gasteiger partial charge in [0.1, 0.15) is 9.37 Å². The summed E-state index contributed by atoms with van der Waals surface area (Å²) in [5, 5.41) is 5.19. The predicted molar refractivity (Wildman–Crippen MR) is 75.0 cm³/mol. The van der Waals surface area contributed by atoms with E-state index in [0.29, 0.717) is 10.2 Å². The third-order valence-electron chi connectivity index (χ3n) is 2.12. The normalized spacial score (nSPS) is 10.9. The van der Waals surface area contributed by atoms with Crippen LogP contribution in [0.2, 0.25) is 0 Å². The molecule has 20 heavy (non-hydrogen) atoms. The molecule has 2 rings (SSSR count). The lowest BCUT2D eigenvalue weighted by molar-refractivity contribution is 0.430. The summed E-state index contributed by atoms with van der Waals surface area (Å²) in [5.74, 6) is 1.37. The molecule has 0 aliphatic heterocycles. The van der Waals surface area contributed by atoms with Crippen LogP contribution in [0.15, 0.2) is 31.6 Å². The lowest BCUT2D eigenvalue weighted by atomic mass is 10.5. The third kappa shape index (κ3) is 2.93. The second-order valence-electron chi connectivity index (χ2n) is 3.44. The first-order chi connectivity index (χ1) is 9.45. The Hall–Kier alpha value is -1.61. The number of aromatic nitrogens is 1. The van der Waals surface area contributed by atoms with Crippen LogP contribution >= 0.6 is 27.3 Å². The smallest absolute Gasteiger partial charge is 0.268 e. The van der Waals surface area contributed by atoms with Gasteiger partial charge in [-0.05, 0) is 34.3 Å². The summed E-state index contributed by atoms with van der Waals surface area (Å²) >= 11 is 4.18. The maximum atomic E-state index is 12.2. The highest BCUT2D eigenvalue weighted by Gasteiger charge is 2.24. The molecule has 2 heterocycles. The Morgan fingerprint density at radius 2 is 2.35 bits per heavy atom. The van der Waals surface area contributed by atoms with Crippen molar-refractivity contribution in [2.24, 2.45) is 0 Å². The number of nitrogens with one attached hydrogen (secondary N) is 1. The highest BCUT2D eigenvalue weighted by atomic mass is 79.9. The summed E-state index contributed by atoms with van der Waals surface area (Å²) in [6.07, 6.45) is 0.735. The lowest BCUT2D eigenvalue weighted by Crippen LogP contribution is -2.12. The van der Waals surface area contributed by atoms with Gasteiger partial charge in [0, 0.05) is 0 Å². The highest BCUT2D eigenvalue weighted by molar-refractivity contribution is 9.10. The molecule has 0 aromatic carbocycles. The number of nitrogens with zero attached hydrogens (tertiary/aromatic N) is 1. The monoisotopic (exact) mass is 378 g/mol. The second-order valence-corrected chi connectivity index (χ2v) is 6.76. The number of ether oxygens (including phenoxy) is 1. The molecule has 10 heteroatoms. The van der Waals surface area contributed by atoms with Crippen LogP contribution in [-0.4, -0.2) is 19.5 Å². The van der Waals surface area contributed by atoms with Crippen molar-refractivity contribution in [2.75, 3.05) is 4.72 Å². The number of aryl methyl sites for hydroxylation is 1. The molecule has 0 atom stereocenters. The molecule has 2 aromatic rings. The number of carbonyl (C=O) groups excluding carboxylic acids is 1. The number of anilines is 1. The summed E-state index contributed by atoms with van der Waals surface area (Å²) in [4.78, 5) is 9.99. The average Bonchev–Trinajstić information content (AvgIpc) is 2.99. The molecule has 0 spiro atoms. The Morgan fingerprint density at radius 1 is 1.60 bits per heavy atom. The standard InChI is InChI=1S/C10H7BrN2O5S2/c1-6-8(11)9(18-12-6)13-20(15,16)7-2-5-19-10(7)17-4-3-14/h2,4-5,13H,1H3. The Labute approximate surface area is 126 Å². The van der Waals surface area contributed by atoms with E-state index in [2.05, 4.69) is 25.8 Å². The molecular formula is C10H7BrN2O5S2. The van der Waals surface area contributed by atoms with Crippen LogP contribution in [0.4, 0.5) is 5.88 Å². The zero-order valence-electron chi connectivity index (χ0n) is 9.91. The molecule has 0 saturated heterocycles. The van der Waals surface area contributed by atoms with E-state index in [-0.39, 0.29) is 15.8 Å². The fourth-order valence-electron chi connectivity index (χ4n) is 1.25. The summed E-state index contributed by atoms with van der Waals surface area (Å²) in [5.41, 5.74) is 0.508.